The second-order valence-corrected chi connectivity index (χ2v) is 16.5. The summed E-state index contributed by atoms with van der Waals surface area (Å²) in [6.45, 7) is 0. The maximum absolute atomic E-state index is 10.0. The van der Waals surface area contributed by atoms with Gasteiger partial charge in [0.1, 0.15) is 11.2 Å². The van der Waals surface area contributed by atoms with Crippen molar-refractivity contribution in [2.75, 3.05) is 4.90 Å². The van der Waals surface area contributed by atoms with Crippen LogP contribution >= 0.6 is 0 Å². The van der Waals surface area contributed by atoms with Gasteiger partial charge in [0.25, 0.3) is 0 Å². The molecule has 0 saturated heterocycles. The van der Waals surface area contributed by atoms with E-state index < -0.39 is 124 Å². The molecule has 2 aromatic heterocycles. The Bertz CT molecular complexity index is 4740. The van der Waals surface area contributed by atoms with Gasteiger partial charge < -0.3 is 13.9 Å². The second-order valence-electron chi connectivity index (χ2n) is 16.5. The van der Waals surface area contributed by atoms with Crippen molar-refractivity contribution < 1.29 is 25.0 Å². The number of hydrogen-bond acceptors (Lipinski definition) is 2. The molecule has 0 saturated carbocycles. The summed E-state index contributed by atoms with van der Waals surface area (Å²) in [7, 11) is 0. The lowest BCUT2D eigenvalue weighted by Crippen LogP contribution is -2.10. The predicted molar refractivity (Wildman–Crippen MR) is 290 cm³/mol. The smallest absolute Gasteiger partial charge is 0.143 e. The summed E-state index contributed by atoms with van der Waals surface area (Å²) in [5, 5.41) is 1.57. The highest BCUT2D eigenvalue weighted by atomic mass is 16.3. The Morgan fingerprint density at radius 1 is 0.319 bits per heavy atom. The largest absolute Gasteiger partial charge is 0.455 e. The first-order valence-electron chi connectivity index (χ1n) is 29.9. The fourth-order valence-corrected chi connectivity index (χ4v) is 9.29. The number of rotatable bonds is 9. The minimum atomic E-state index is -0.754. The summed E-state index contributed by atoms with van der Waals surface area (Å²) >= 11 is 0. The fraction of sp³-hybridized carbons (Fsp3) is 0. The third-order valence-electron chi connectivity index (χ3n) is 12.5. The number of furan rings is 1. The van der Waals surface area contributed by atoms with Gasteiger partial charge in [-0.3, -0.25) is 0 Å². The number of fused-ring (bicyclic) bond motifs is 6. The SMILES string of the molecule is [2H]c1c([2H])c([2H])c(-c2c([2H])c([2H])c([2H])c3c2oc2c(-c4c([2H])c([2H])c(N(c5ccc(-c6cccc(-n7c8ccccc8c8ccccc87)c6)cc5)c5cc(-c6ccccc6)cc(-c6ccccc6)c5)c([2H])c4[2H])c([2H])c([2H])c([2H])c23)c([2H])c1[2H]. The van der Waals surface area contributed by atoms with Gasteiger partial charge in [-0.1, -0.05) is 200 Å². The van der Waals surface area contributed by atoms with Crippen LogP contribution in [0.4, 0.5) is 17.1 Å². The van der Waals surface area contributed by atoms with Crippen LogP contribution in [-0.2, 0) is 0 Å². The molecule has 3 heteroatoms. The Morgan fingerprint density at radius 3 is 1.43 bits per heavy atom. The maximum atomic E-state index is 10.0. The zero-order valence-corrected chi connectivity index (χ0v) is 36.5. The van der Waals surface area contributed by atoms with E-state index in [0.29, 0.717) is 11.4 Å². The van der Waals surface area contributed by atoms with Crippen molar-refractivity contribution in [3.63, 3.8) is 0 Å². The van der Waals surface area contributed by atoms with Crippen molar-refractivity contribution in [1.82, 2.24) is 4.57 Å². The molecule has 0 unspecified atom stereocenters. The van der Waals surface area contributed by atoms with E-state index >= 15 is 0 Å². The Morgan fingerprint density at radius 2 is 0.841 bits per heavy atom. The van der Waals surface area contributed by atoms with Gasteiger partial charge in [0.2, 0.25) is 0 Å². The fourth-order valence-electron chi connectivity index (χ4n) is 9.29. The molecule has 2 heterocycles. The molecule has 13 rings (SSSR count). The van der Waals surface area contributed by atoms with E-state index in [1.165, 1.54) is 0 Å². The normalized spacial score (nSPS) is 14.5. The van der Waals surface area contributed by atoms with Gasteiger partial charge in [-0.05, 0) is 111 Å². The quantitative estimate of drug-likeness (QED) is 0.144. The van der Waals surface area contributed by atoms with E-state index in [9.17, 15) is 8.22 Å². The summed E-state index contributed by atoms with van der Waals surface area (Å²) in [4.78, 5) is 1.66. The summed E-state index contributed by atoms with van der Waals surface area (Å²) < 4.78 is 146. The number of anilines is 3. The van der Waals surface area contributed by atoms with Crippen LogP contribution in [-0.4, -0.2) is 4.57 Å². The van der Waals surface area contributed by atoms with E-state index in [-0.39, 0.29) is 16.5 Å². The van der Waals surface area contributed by atoms with Crippen molar-refractivity contribution in [1.29, 1.82) is 0 Å². The van der Waals surface area contributed by atoms with Crippen molar-refractivity contribution in [2.24, 2.45) is 0 Å². The molecular formula is C66H44N2O. The highest BCUT2D eigenvalue weighted by Crippen LogP contribution is 2.44. The van der Waals surface area contributed by atoms with Crippen LogP contribution < -0.4 is 4.90 Å². The topological polar surface area (TPSA) is 21.3 Å². The van der Waals surface area contributed by atoms with Gasteiger partial charge in [0, 0.05) is 55.4 Å². The minimum absolute atomic E-state index is 0.177. The molecule has 324 valence electrons. The summed E-state index contributed by atoms with van der Waals surface area (Å²) in [5.74, 6) is 0. The molecule has 0 fully saturated rings. The predicted octanol–water partition coefficient (Wildman–Crippen LogP) is 18.5. The zero-order valence-electron chi connectivity index (χ0n) is 51.5. The van der Waals surface area contributed by atoms with Gasteiger partial charge in [-0.25, -0.2) is 0 Å². The molecule has 0 aliphatic rings. The number of benzene rings is 11. The zero-order chi connectivity index (χ0) is 58.7. The van der Waals surface area contributed by atoms with Crippen LogP contribution in [0.2, 0.25) is 0 Å². The van der Waals surface area contributed by atoms with Crippen LogP contribution in [0.1, 0.15) is 20.6 Å². The lowest BCUT2D eigenvalue weighted by atomic mass is 9.97. The van der Waals surface area contributed by atoms with Gasteiger partial charge in [-0.15, -0.1) is 0 Å². The van der Waals surface area contributed by atoms with Gasteiger partial charge >= 0.3 is 0 Å². The molecule has 0 N–H and O–H groups in total. The van der Waals surface area contributed by atoms with E-state index in [1.807, 2.05) is 140 Å². The van der Waals surface area contributed by atoms with E-state index in [4.69, 9.17) is 16.8 Å². The standard InChI is InChI=1S/C66H44N2O/c1-4-17-45(18-5-1)51-41-52(46-19-6-2-7-20-46)44-56(43-51)67(53-37-33-47(34-38-53)50-23-14-24-55(42-50)68-63-31-12-10-25-59(63)60-26-11-13-32-64(60)68)54-39-35-49(36-40-54)58-28-16-30-62-61-29-15-27-57(65(61)69-66(58)62)48-21-8-3-9-22-48/h1-44H/i3D,8D,9D,15D,16D,21D,22D,27D,28D,29D,30D,35D,36D,39D,40D. The minimum Gasteiger partial charge on any atom is -0.455 e. The Labute approximate surface area is 422 Å². The molecule has 0 spiro atoms. The van der Waals surface area contributed by atoms with E-state index in [0.717, 1.165) is 60.9 Å². The van der Waals surface area contributed by atoms with Crippen LogP contribution in [0, 0.1) is 0 Å². The molecule has 69 heavy (non-hydrogen) atoms. The monoisotopic (exact) mass is 895 g/mol. The average molecular weight is 896 g/mol. The average Bonchev–Trinajstić information content (AvgIpc) is 2.92. The molecule has 0 aliphatic heterocycles. The van der Waals surface area contributed by atoms with Gasteiger partial charge in [0.15, 0.2) is 0 Å². The summed E-state index contributed by atoms with van der Waals surface area (Å²) in [5.41, 5.74) is 5.98. The number of aromatic nitrogens is 1. The van der Waals surface area contributed by atoms with Crippen molar-refractivity contribution in [3.8, 4) is 61.3 Å². The molecule has 13 aromatic rings. The van der Waals surface area contributed by atoms with Crippen LogP contribution in [0.15, 0.2) is 271 Å². The molecule has 0 bridgehead atoms. The lowest BCUT2D eigenvalue weighted by molar-refractivity contribution is 0.671. The first-order valence-corrected chi connectivity index (χ1v) is 22.4. The number of hydrogen-bond donors (Lipinski definition) is 0. The number of para-hydroxylation sites is 4. The van der Waals surface area contributed by atoms with E-state index in [1.54, 1.807) is 4.90 Å². The molecular weight excluding hydrogens is 837 g/mol. The molecule has 0 atom stereocenters. The van der Waals surface area contributed by atoms with Crippen molar-refractivity contribution in [2.45, 2.75) is 0 Å². The highest BCUT2D eigenvalue weighted by Gasteiger charge is 2.20. The molecule has 0 aliphatic carbocycles. The Balaban J connectivity index is 1.04. The first kappa shape index (κ1) is 27.5. The van der Waals surface area contributed by atoms with Crippen LogP contribution in [0.25, 0.3) is 105 Å². The molecule has 0 amide bonds. The third kappa shape index (κ3) is 7.16. The van der Waals surface area contributed by atoms with Crippen molar-refractivity contribution in [3.05, 3.63) is 267 Å². The summed E-state index contributed by atoms with van der Waals surface area (Å²) in [6, 6.07) is 47.2. The Kier molecular flexibility index (Phi) is 6.73. The third-order valence-corrected chi connectivity index (χ3v) is 12.5. The highest BCUT2D eigenvalue weighted by molar-refractivity contribution is 6.13. The maximum Gasteiger partial charge on any atom is 0.143 e. The van der Waals surface area contributed by atoms with Crippen LogP contribution in [0.5, 0.6) is 0 Å². The lowest BCUT2D eigenvalue weighted by Gasteiger charge is -2.27. The van der Waals surface area contributed by atoms with Crippen molar-refractivity contribution >= 4 is 60.8 Å². The molecule has 11 aromatic carbocycles. The van der Waals surface area contributed by atoms with Gasteiger partial charge in [-0.2, -0.15) is 0 Å². The first-order chi connectivity index (χ1) is 40.5. The van der Waals surface area contributed by atoms with Gasteiger partial charge in [0.05, 0.1) is 31.6 Å². The summed E-state index contributed by atoms with van der Waals surface area (Å²) in [6.07, 6.45) is 0. The second kappa shape index (κ2) is 16.9. The van der Waals surface area contributed by atoms with E-state index in [2.05, 4.69) is 41.0 Å². The molecule has 0 radical (unpaired) electrons. The molecule has 3 nitrogen and oxygen atoms in total. The Hall–Kier alpha value is -9.18. The van der Waals surface area contributed by atoms with Crippen LogP contribution in [0.3, 0.4) is 0 Å². The number of nitrogens with zero attached hydrogens (tertiary/aromatic N) is 2.